The Morgan fingerprint density at radius 3 is 0.959 bits per heavy atom. The molecule has 0 rings (SSSR count). The molecule has 3 N–H and O–H groups in total. The van der Waals surface area contributed by atoms with Crippen molar-refractivity contribution in [2.24, 2.45) is 0 Å². The molecule has 0 aromatic heterocycles. The number of carbonyl (C=O) groups excluding carboxylic acids is 2. The minimum atomic E-state index is -0.851. The van der Waals surface area contributed by atoms with Crippen molar-refractivity contribution in [1.29, 1.82) is 0 Å². The Morgan fingerprint density at radius 2 is 0.635 bits per heavy atom. The Kier molecular flexibility index (Phi) is 62.4. The Hall–Kier alpha value is -1.66. The van der Waals surface area contributed by atoms with Gasteiger partial charge in [0.15, 0.2) is 0 Å². The Balaban J connectivity index is 3.45. The van der Waals surface area contributed by atoms with Gasteiger partial charge in [-0.15, -0.1) is 0 Å². The van der Waals surface area contributed by atoms with Gasteiger partial charge in [0, 0.05) is 12.8 Å². The lowest BCUT2D eigenvalue weighted by Crippen LogP contribution is -2.45. The molecule has 1 amide bonds. The van der Waals surface area contributed by atoms with Crippen LogP contribution in [0.3, 0.4) is 0 Å². The summed E-state index contributed by atoms with van der Waals surface area (Å²) in [5.74, 6) is -0.0637. The molecule has 0 saturated carbocycles. The molecule has 0 aliphatic heterocycles. The SMILES string of the molecule is CCCCCCCCCCCCCCCCCCCCCCCCC/C=C/C(O)C(CO)NC(=O)CCCCCCCCC/C=C\CCCCCCCCCCCCOC(=O)CCCCCCCCCCCCC. The second kappa shape index (κ2) is 63.9. The van der Waals surface area contributed by atoms with Gasteiger partial charge >= 0.3 is 5.97 Å². The summed E-state index contributed by atoms with van der Waals surface area (Å²) in [6, 6.07) is -0.635. The minimum Gasteiger partial charge on any atom is -0.466 e. The van der Waals surface area contributed by atoms with Crippen LogP contribution in [0.25, 0.3) is 0 Å². The molecule has 0 aromatic rings. The van der Waals surface area contributed by atoms with E-state index in [1.54, 1.807) is 6.08 Å². The summed E-state index contributed by atoms with van der Waals surface area (Å²) >= 11 is 0. The van der Waals surface area contributed by atoms with Gasteiger partial charge in [0.2, 0.25) is 5.91 Å². The second-order valence-electron chi connectivity index (χ2n) is 23.2. The molecule has 0 spiro atoms. The standard InChI is InChI=1S/C68H131NO5/c1-3-5-7-9-11-13-15-16-17-18-19-20-21-22-23-25-28-31-34-37-41-44-48-52-56-60-66(71)65(64-70)69-67(72)61-57-53-49-45-42-38-35-32-29-26-24-27-30-33-36-39-43-47-51-55-59-63-74-68(73)62-58-54-50-46-40-14-12-10-8-6-4-2/h26,29,56,60,65-66,70-71H,3-25,27-28,30-55,57-59,61-64H2,1-2H3,(H,69,72)/b29-26-,60-56+. The Morgan fingerprint density at radius 1 is 0.365 bits per heavy atom. The number of unbranched alkanes of at least 4 members (excludes halogenated alkanes) is 50. The molecule has 0 saturated heterocycles. The molecule has 6 nitrogen and oxygen atoms in total. The number of amides is 1. The summed E-state index contributed by atoms with van der Waals surface area (Å²) in [4.78, 5) is 24.5. The van der Waals surface area contributed by atoms with Crippen LogP contribution < -0.4 is 5.32 Å². The van der Waals surface area contributed by atoms with E-state index in [1.165, 1.54) is 302 Å². The van der Waals surface area contributed by atoms with Crippen molar-refractivity contribution >= 4 is 11.9 Å². The zero-order chi connectivity index (χ0) is 53.6. The smallest absolute Gasteiger partial charge is 0.305 e. The quantitative estimate of drug-likeness (QED) is 0.0320. The van der Waals surface area contributed by atoms with Gasteiger partial charge in [-0.25, -0.2) is 0 Å². The monoisotopic (exact) mass is 1040 g/mol. The molecule has 2 unspecified atom stereocenters. The minimum absolute atomic E-state index is 0.00796. The van der Waals surface area contributed by atoms with Crippen LogP contribution in [0.15, 0.2) is 24.3 Å². The summed E-state index contributed by atoms with van der Waals surface area (Å²) in [6.45, 7) is 4.92. The zero-order valence-corrected chi connectivity index (χ0v) is 50.1. The number of aliphatic hydroxyl groups excluding tert-OH is 2. The maximum Gasteiger partial charge on any atom is 0.305 e. The summed E-state index contributed by atoms with van der Waals surface area (Å²) in [5.41, 5.74) is 0. The maximum atomic E-state index is 12.5. The number of carbonyl (C=O) groups is 2. The first kappa shape index (κ1) is 72.3. The highest BCUT2D eigenvalue weighted by Gasteiger charge is 2.18. The lowest BCUT2D eigenvalue weighted by atomic mass is 10.0. The first-order valence-electron chi connectivity index (χ1n) is 33.6. The summed E-state index contributed by atoms with van der Waals surface area (Å²) in [6.07, 6.45) is 79.5. The van der Waals surface area contributed by atoms with E-state index >= 15 is 0 Å². The van der Waals surface area contributed by atoms with Crippen LogP contribution in [0.1, 0.15) is 373 Å². The van der Waals surface area contributed by atoms with E-state index in [0.29, 0.717) is 19.4 Å². The van der Waals surface area contributed by atoms with Gasteiger partial charge < -0.3 is 20.3 Å². The van der Waals surface area contributed by atoms with E-state index in [1.807, 2.05) is 6.08 Å². The highest BCUT2D eigenvalue weighted by atomic mass is 16.5. The second-order valence-corrected chi connectivity index (χ2v) is 23.2. The van der Waals surface area contributed by atoms with Gasteiger partial charge in [-0.05, 0) is 57.8 Å². The predicted octanol–water partition coefficient (Wildman–Crippen LogP) is 21.4. The third-order valence-corrected chi connectivity index (χ3v) is 15.7. The van der Waals surface area contributed by atoms with Crippen molar-refractivity contribution < 1.29 is 24.5 Å². The van der Waals surface area contributed by atoms with E-state index in [-0.39, 0.29) is 18.5 Å². The van der Waals surface area contributed by atoms with Crippen molar-refractivity contribution in [2.45, 2.75) is 386 Å². The zero-order valence-electron chi connectivity index (χ0n) is 50.1. The van der Waals surface area contributed by atoms with Crippen molar-refractivity contribution in [3.63, 3.8) is 0 Å². The van der Waals surface area contributed by atoms with Crippen LogP contribution in [0, 0.1) is 0 Å². The van der Waals surface area contributed by atoms with Crippen LogP contribution in [0.2, 0.25) is 0 Å². The average molecular weight is 1040 g/mol. The molecular formula is C68H131NO5. The van der Waals surface area contributed by atoms with Crippen LogP contribution in [-0.2, 0) is 14.3 Å². The van der Waals surface area contributed by atoms with E-state index in [2.05, 4.69) is 31.3 Å². The number of hydrogen-bond donors (Lipinski definition) is 3. The fourth-order valence-electron chi connectivity index (χ4n) is 10.6. The lowest BCUT2D eigenvalue weighted by molar-refractivity contribution is -0.143. The fraction of sp³-hybridized carbons (Fsp3) is 0.912. The van der Waals surface area contributed by atoms with Gasteiger partial charge in [0.05, 0.1) is 25.4 Å². The fourth-order valence-corrected chi connectivity index (χ4v) is 10.6. The van der Waals surface area contributed by atoms with E-state index in [0.717, 1.165) is 44.9 Å². The van der Waals surface area contributed by atoms with Crippen LogP contribution in [0.4, 0.5) is 0 Å². The number of rotatable bonds is 63. The average Bonchev–Trinajstić information content (AvgIpc) is 3.40. The highest BCUT2D eigenvalue weighted by Crippen LogP contribution is 2.18. The topological polar surface area (TPSA) is 95.9 Å². The molecule has 438 valence electrons. The first-order chi connectivity index (χ1) is 36.5. The van der Waals surface area contributed by atoms with Gasteiger partial charge in [-0.3, -0.25) is 9.59 Å². The van der Waals surface area contributed by atoms with E-state index < -0.39 is 12.1 Å². The summed E-state index contributed by atoms with van der Waals surface area (Å²) in [7, 11) is 0. The third-order valence-electron chi connectivity index (χ3n) is 15.7. The van der Waals surface area contributed by atoms with Crippen molar-refractivity contribution in [3.05, 3.63) is 24.3 Å². The molecule has 0 aromatic carbocycles. The summed E-state index contributed by atoms with van der Waals surface area (Å²) < 4.78 is 5.47. The molecule has 0 aliphatic rings. The molecular weight excluding hydrogens is 911 g/mol. The van der Waals surface area contributed by atoms with Crippen LogP contribution in [0.5, 0.6) is 0 Å². The normalized spacial score (nSPS) is 12.6. The highest BCUT2D eigenvalue weighted by molar-refractivity contribution is 5.76. The van der Waals surface area contributed by atoms with Gasteiger partial charge in [-0.1, -0.05) is 327 Å². The van der Waals surface area contributed by atoms with Gasteiger partial charge in [0.1, 0.15) is 0 Å². The number of aliphatic hydroxyl groups is 2. The van der Waals surface area contributed by atoms with Crippen molar-refractivity contribution in [2.75, 3.05) is 13.2 Å². The molecule has 0 aliphatic carbocycles. The Labute approximate surface area is 462 Å². The number of hydrogen-bond acceptors (Lipinski definition) is 5. The summed E-state index contributed by atoms with van der Waals surface area (Å²) in [5, 5.41) is 23.3. The first-order valence-corrected chi connectivity index (χ1v) is 33.6. The maximum absolute atomic E-state index is 12.5. The molecule has 74 heavy (non-hydrogen) atoms. The van der Waals surface area contributed by atoms with Crippen LogP contribution in [-0.4, -0.2) is 47.4 Å². The molecule has 0 fully saturated rings. The largest absolute Gasteiger partial charge is 0.466 e. The predicted molar refractivity (Wildman–Crippen MR) is 324 cm³/mol. The van der Waals surface area contributed by atoms with Crippen molar-refractivity contribution in [1.82, 2.24) is 5.32 Å². The third kappa shape index (κ3) is 59.6. The number of esters is 1. The van der Waals surface area contributed by atoms with Gasteiger partial charge in [-0.2, -0.15) is 0 Å². The number of nitrogens with one attached hydrogen (secondary N) is 1. The molecule has 0 heterocycles. The number of allylic oxidation sites excluding steroid dienone is 3. The Bertz CT molecular complexity index is 1150. The van der Waals surface area contributed by atoms with E-state index in [4.69, 9.17) is 4.74 Å². The molecule has 2 atom stereocenters. The molecule has 0 radical (unpaired) electrons. The van der Waals surface area contributed by atoms with Gasteiger partial charge in [0.25, 0.3) is 0 Å². The molecule has 6 heteroatoms. The molecule has 0 bridgehead atoms. The van der Waals surface area contributed by atoms with Crippen molar-refractivity contribution in [3.8, 4) is 0 Å². The van der Waals surface area contributed by atoms with E-state index in [9.17, 15) is 19.8 Å². The lowest BCUT2D eigenvalue weighted by Gasteiger charge is -2.20. The van der Waals surface area contributed by atoms with Crippen LogP contribution >= 0.6 is 0 Å². The number of ether oxygens (including phenoxy) is 1.